The molecule has 1 aromatic carbocycles. The molecule has 2 N–H and O–H groups in total. The first-order chi connectivity index (χ1) is 7.08. The summed E-state index contributed by atoms with van der Waals surface area (Å²) in [7, 11) is 0. The van der Waals surface area contributed by atoms with Crippen LogP contribution in [0.3, 0.4) is 0 Å². The molecule has 1 heterocycles. The van der Waals surface area contributed by atoms with Crippen molar-refractivity contribution < 1.29 is 4.79 Å². The summed E-state index contributed by atoms with van der Waals surface area (Å²) in [6.45, 7) is 0. The van der Waals surface area contributed by atoms with Crippen LogP contribution in [0, 0.1) is 0 Å². The molecule has 3 nitrogen and oxygen atoms in total. The Morgan fingerprint density at radius 2 is 2.13 bits per heavy atom. The Morgan fingerprint density at radius 1 is 1.40 bits per heavy atom. The molecule has 2 rings (SSSR count). The molecule has 2 aromatic rings. The summed E-state index contributed by atoms with van der Waals surface area (Å²) in [6, 6.07) is 6.86. The Bertz CT molecular complexity index is 551. The second-order valence-electron chi connectivity index (χ2n) is 3.02. The van der Waals surface area contributed by atoms with E-state index >= 15 is 0 Å². The monoisotopic (exact) mass is 284 g/mol. The van der Waals surface area contributed by atoms with E-state index in [0.717, 1.165) is 4.47 Å². The fourth-order valence-electron chi connectivity index (χ4n) is 1.37. The van der Waals surface area contributed by atoms with Gasteiger partial charge in [-0.15, -0.1) is 0 Å². The highest BCUT2D eigenvalue weighted by Gasteiger charge is 2.09. The highest BCUT2D eigenvalue weighted by Crippen LogP contribution is 2.23. The molecule has 0 aliphatic heterocycles. The van der Waals surface area contributed by atoms with Gasteiger partial charge in [0.1, 0.15) is 5.15 Å². The van der Waals surface area contributed by atoms with Crippen molar-refractivity contribution in [1.82, 2.24) is 4.98 Å². The largest absolute Gasteiger partial charge is 0.366 e. The number of pyridine rings is 1. The molecule has 1 amide bonds. The number of benzene rings is 1. The molecule has 5 heteroatoms. The van der Waals surface area contributed by atoms with Gasteiger partial charge in [0.2, 0.25) is 5.91 Å². The number of carbonyl (C=O) groups excluding carboxylic acids is 1. The lowest BCUT2D eigenvalue weighted by molar-refractivity contribution is 0.100. The van der Waals surface area contributed by atoms with E-state index in [9.17, 15) is 4.79 Å². The predicted molar refractivity (Wildman–Crippen MR) is 63.0 cm³/mol. The number of nitrogens with zero attached hydrogens (tertiary/aromatic N) is 1. The van der Waals surface area contributed by atoms with E-state index < -0.39 is 5.91 Å². The van der Waals surface area contributed by atoms with Gasteiger partial charge in [0, 0.05) is 9.86 Å². The topological polar surface area (TPSA) is 56.0 Å². The summed E-state index contributed by atoms with van der Waals surface area (Å²) in [5, 5.41) is 0.963. The Balaban J connectivity index is 2.86. The molecule has 0 aliphatic carbocycles. The van der Waals surface area contributed by atoms with E-state index in [2.05, 4.69) is 20.9 Å². The molecule has 0 unspecified atom stereocenters. The van der Waals surface area contributed by atoms with Crippen molar-refractivity contribution in [3.05, 3.63) is 39.5 Å². The van der Waals surface area contributed by atoms with E-state index in [-0.39, 0.29) is 5.15 Å². The molecule has 0 atom stereocenters. The molecular weight excluding hydrogens is 279 g/mol. The zero-order chi connectivity index (χ0) is 11.0. The molecule has 15 heavy (non-hydrogen) atoms. The summed E-state index contributed by atoms with van der Waals surface area (Å²) < 4.78 is 0.875. The molecule has 0 radical (unpaired) electrons. The van der Waals surface area contributed by atoms with Crippen LogP contribution < -0.4 is 5.73 Å². The van der Waals surface area contributed by atoms with Gasteiger partial charge in [-0.2, -0.15) is 0 Å². The van der Waals surface area contributed by atoms with E-state index in [1.807, 2.05) is 6.07 Å². The quantitative estimate of drug-likeness (QED) is 0.819. The SMILES string of the molecule is NC(=O)c1cc(Cl)nc2cc(Br)ccc12. The smallest absolute Gasteiger partial charge is 0.249 e. The molecule has 0 bridgehead atoms. The Hall–Kier alpha value is -1.13. The number of halogens is 2. The zero-order valence-corrected chi connectivity index (χ0v) is 9.84. The maximum absolute atomic E-state index is 11.2. The maximum atomic E-state index is 11.2. The van der Waals surface area contributed by atoms with Gasteiger partial charge in [-0.25, -0.2) is 4.98 Å². The van der Waals surface area contributed by atoms with Crippen molar-refractivity contribution in [2.75, 3.05) is 0 Å². The number of rotatable bonds is 1. The van der Waals surface area contributed by atoms with Crippen LogP contribution in [-0.2, 0) is 0 Å². The lowest BCUT2D eigenvalue weighted by Crippen LogP contribution is -2.11. The van der Waals surface area contributed by atoms with Crippen LogP contribution in [0.25, 0.3) is 10.9 Å². The first-order valence-corrected chi connectivity index (χ1v) is 5.30. The summed E-state index contributed by atoms with van der Waals surface area (Å²) in [4.78, 5) is 15.3. The Labute approximate surface area is 99.4 Å². The van der Waals surface area contributed by atoms with E-state index in [1.165, 1.54) is 6.07 Å². The number of carbonyl (C=O) groups is 1. The van der Waals surface area contributed by atoms with Crippen molar-refractivity contribution in [2.24, 2.45) is 5.73 Å². The number of amides is 1. The molecule has 0 aliphatic rings. The van der Waals surface area contributed by atoms with Crippen LogP contribution in [0.1, 0.15) is 10.4 Å². The van der Waals surface area contributed by atoms with E-state index in [4.69, 9.17) is 17.3 Å². The molecule has 0 saturated carbocycles. The fourth-order valence-corrected chi connectivity index (χ4v) is 1.92. The van der Waals surface area contributed by atoms with Crippen LogP contribution in [-0.4, -0.2) is 10.9 Å². The number of fused-ring (bicyclic) bond motifs is 1. The molecule has 0 fully saturated rings. The lowest BCUT2D eigenvalue weighted by Gasteiger charge is -2.03. The van der Waals surface area contributed by atoms with E-state index in [0.29, 0.717) is 16.5 Å². The molecule has 76 valence electrons. The average molecular weight is 286 g/mol. The summed E-state index contributed by atoms with van der Waals surface area (Å²) >= 11 is 9.11. The highest BCUT2D eigenvalue weighted by molar-refractivity contribution is 9.10. The van der Waals surface area contributed by atoms with Gasteiger partial charge < -0.3 is 5.73 Å². The summed E-state index contributed by atoms with van der Waals surface area (Å²) in [5.41, 5.74) is 6.28. The maximum Gasteiger partial charge on any atom is 0.249 e. The van der Waals surface area contributed by atoms with Crippen molar-refractivity contribution in [1.29, 1.82) is 0 Å². The standard InChI is InChI=1S/C10H6BrClN2O/c11-5-1-2-6-7(10(13)15)4-9(12)14-8(6)3-5/h1-4H,(H2,13,15). The minimum absolute atomic E-state index is 0.259. The number of aromatic nitrogens is 1. The van der Waals surface area contributed by atoms with Crippen LogP contribution in [0.15, 0.2) is 28.7 Å². The average Bonchev–Trinajstić information content (AvgIpc) is 2.15. The zero-order valence-electron chi connectivity index (χ0n) is 7.50. The second-order valence-corrected chi connectivity index (χ2v) is 4.32. The predicted octanol–water partition coefficient (Wildman–Crippen LogP) is 2.75. The number of nitrogens with two attached hydrogens (primary N) is 1. The Morgan fingerprint density at radius 3 is 2.80 bits per heavy atom. The number of hydrogen-bond donors (Lipinski definition) is 1. The van der Waals surface area contributed by atoms with Gasteiger partial charge >= 0.3 is 0 Å². The van der Waals surface area contributed by atoms with Gasteiger partial charge in [0.25, 0.3) is 0 Å². The third-order valence-electron chi connectivity index (χ3n) is 2.01. The van der Waals surface area contributed by atoms with Crippen molar-refractivity contribution in [2.45, 2.75) is 0 Å². The Kier molecular flexibility index (Phi) is 2.63. The van der Waals surface area contributed by atoms with Gasteiger partial charge in [-0.05, 0) is 18.2 Å². The lowest BCUT2D eigenvalue weighted by atomic mass is 10.1. The van der Waals surface area contributed by atoms with Gasteiger partial charge in [-0.1, -0.05) is 33.6 Å². The van der Waals surface area contributed by atoms with E-state index in [1.54, 1.807) is 12.1 Å². The van der Waals surface area contributed by atoms with Gasteiger partial charge in [0.05, 0.1) is 11.1 Å². The van der Waals surface area contributed by atoms with Gasteiger partial charge in [0.15, 0.2) is 0 Å². The van der Waals surface area contributed by atoms with Crippen molar-refractivity contribution in [3.63, 3.8) is 0 Å². The minimum atomic E-state index is -0.508. The minimum Gasteiger partial charge on any atom is -0.366 e. The summed E-state index contributed by atoms with van der Waals surface area (Å²) in [6.07, 6.45) is 0. The van der Waals surface area contributed by atoms with Crippen LogP contribution in [0.5, 0.6) is 0 Å². The normalized spacial score (nSPS) is 10.5. The molecule has 0 saturated heterocycles. The first-order valence-electron chi connectivity index (χ1n) is 4.13. The van der Waals surface area contributed by atoms with Crippen LogP contribution in [0.4, 0.5) is 0 Å². The fraction of sp³-hybridized carbons (Fsp3) is 0. The number of primary amides is 1. The van der Waals surface area contributed by atoms with Crippen LogP contribution >= 0.6 is 27.5 Å². The molecule has 0 spiro atoms. The third-order valence-corrected chi connectivity index (χ3v) is 2.69. The van der Waals surface area contributed by atoms with Crippen molar-refractivity contribution in [3.8, 4) is 0 Å². The molecular formula is C10H6BrClN2O. The van der Waals surface area contributed by atoms with Crippen LogP contribution in [0.2, 0.25) is 5.15 Å². The van der Waals surface area contributed by atoms with Crippen molar-refractivity contribution >= 4 is 44.3 Å². The first kappa shape index (κ1) is 10.4. The summed E-state index contributed by atoms with van der Waals surface area (Å²) in [5.74, 6) is -0.508. The third kappa shape index (κ3) is 1.96. The molecule has 1 aromatic heterocycles. The second kappa shape index (κ2) is 3.79. The highest BCUT2D eigenvalue weighted by atomic mass is 79.9. The van der Waals surface area contributed by atoms with Gasteiger partial charge in [-0.3, -0.25) is 4.79 Å². The number of hydrogen-bond acceptors (Lipinski definition) is 2.